The van der Waals surface area contributed by atoms with E-state index in [2.05, 4.69) is 33.9 Å². The highest BCUT2D eigenvalue weighted by atomic mass is 16.2. The fourth-order valence-corrected chi connectivity index (χ4v) is 2.51. The van der Waals surface area contributed by atoms with Crippen molar-refractivity contribution in [3.05, 3.63) is 69.1 Å². The van der Waals surface area contributed by atoms with Gasteiger partial charge in [0.25, 0.3) is 5.56 Å². The van der Waals surface area contributed by atoms with E-state index in [0.717, 1.165) is 18.1 Å². The summed E-state index contributed by atoms with van der Waals surface area (Å²) in [5, 5.41) is 4.57. The van der Waals surface area contributed by atoms with Crippen LogP contribution in [-0.2, 0) is 19.4 Å². The van der Waals surface area contributed by atoms with Crippen LogP contribution in [0.25, 0.3) is 5.82 Å². The third-order valence-corrected chi connectivity index (χ3v) is 3.65. The summed E-state index contributed by atoms with van der Waals surface area (Å²) in [7, 11) is 0. The lowest BCUT2D eigenvalue weighted by molar-refractivity contribution is 0.613. The molecule has 0 amide bonds. The monoisotopic (exact) mass is 340 g/mol. The quantitative estimate of drug-likeness (QED) is 0.720. The lowest BCUT2D eigenvalue weighted by Gasteiger charge is -2.06. The molecule has 0 aliphatic carbocycles. The van der Waals surface area contributed by atoms with Crippen LogP contribution in [0.1, 0.15) is 25.5 Å². The highest BCUT2D eigenvalue weighted by molar-refractivity contribution is 5.22. The molecular weight excluding hydrogens is 320 g/mol. The number of hydrogen-bond acceptors (Lipinski definition) is 5. The summed E-state index contributed by atoms with van der Waals surface area (Å²) >= 11 is 0. The van der Waals surface area contributed by atoms with Gasteiger partial charge in [-0.3, -0.25) is 9.78 Å². The fourth-order valence-electron chi connectivity index (χ4n) is 2.51. The number of H-pyrrole nitrogens is 1. The lowest BCUT2D eigenvalue weighted by atomic mass is 10.1. The van der Waals surface area contributed by atoms with Crippen molar-refractivity contribution in [1.29, 1.82) is 0 Å². The van der Waals surface area contributed by atoms with Crippen LogP contribution in [-0.4, -0.2) is 29.3 Å². The Morgan fingerprint density at radius 3 is 2.72 bits per heavy atom. The molecule has 0 bridgehead atoms. The van der Waals surface area contributed by atoms with Crippen molar-refractivity contribution in [3.8, 4) is 5.82 Å². The molecule has 130 valence electrons. The van der Waals surface area contributed by atoms with Gasteiger partial charge < -0.3 is 4.57 Å². The van der Waals surface area contributed by atoms with Crippen molar-refractivity contribution in [1.82, 2.24) is 29.3 Å². The Balaban J connectivity index is 1.89. The molecule has 0 spiro atoms. The minimum absolute atomic E-state index is 0.391. The lowest BCUT2D eigenvalue weighted by Crippen LogP contribution is -2.29. The summed E-state index contributed by atoms with van der Waals surface area (Å²) in [6.07, 6.45) is 4.45. The third kappa shape index (κ3) is 4.09. The van der Waals surface area contributed by atoms with Gasteiger partial charge in [-0.25, -0.2) is 14.8 Å². The number of aromatic amines is 1. The summed E-state index contributed by atoms with van der Waals surface area (Å²) < 4.78 is 3.16. The molecule has 0 aliphatic rings. The van der Waals surface area contributed by atoms with Crippen LogP contribution in [0, 0.1) is 5.92 Å². The van der Waals surface area contributed by atoms with E-state index in [4.69, 9.17) is 0 Å². The second-order valence-corrected chi connectivity index (χ2v) is 6.20. The zero-order valence-corrected chi connectivity index (χ0v) is 14.2. The summed E-state index contributed by atoms with van der Waals surface area (Å²) in [4.78, 5) is 34.2. The van der Waals surface area contributed by atoms with Crippen molar-refractivity contribution in [3.63, 3.8) is 0 Å². The van der Waals surface area contributed by atoms with Crippen LogP contribution >= 0.6 is 0 Å². The molecule has 0 fully saturated rings. The average molecular weight is 340 g/mol. The number of hydrogen-bond donors (Lipinski definition) is 1. The molecule has 3 aromatic rings. The van der Waals surface area contributed by atoms with Gasteiger partial charge in [0.15, 0.2) is 11.6 Å². The van der Waals surface area contributed by atoms with E-state index in [1.54, 1.807) is 10.9 Å². The molecule has 25 heavy (non-hydrogen) atoms. The summed E-state index contributed by atoms with van der Waals surface area (Å²) in [6.45, 7) is 4.62. The van der Waals surface area contributed by atoms with Gasteiger partial charge in [-0.2, -0.15) is 4.68 Å². The van der Waals surface area contributed by atoms with Gasteiger partial charge in [0.05, 0.1) is 0 Å². The smallest absolute Gasteiger partial charge is 0.300 e. The number of pyridine rings is 1. The molecule has 0 atom stereocenters. The topological polar surface area (TPSA) is 98.5 Å². The molecule has 0 saturated carbocycles. The maximum Gasteiger partial charge on any atom is 0.328 e. The van der Waals surface area contributed by atoms with Crippen LogP contribution in [0.4, 0.5) is 0 Å². The molecule has 0 aliphatic heterocycles. The SMILES string of the molecule is CC(C)Cc1nc(CCn2ccc(=O)[nH]c2=O)n(-c2ccccn2)n1. The van der Waals surface area contributed by atoms with Gasteiger partial charge in [-0.1, -0.05) is 19.9 Å². The Hall–Kier alpha value is -3.03. The number of nitrogens with zero attached hydrogens (tertiary/aromatic N) is 5. The minimum Gasteiger partial charge on any atom is -0.300 e. The van der Waals surface area contributed by atoms with Crippen LogP contribution in [0.3, 0.4) is 0 Å². The predicted octanol–water partition coefficient (Wildman–Crippen LogP) is 0.953. The van der Waals surface area contributed by atoms with Gasteiger partial charge in [0.1, 0.15) is 5.82 Å². The number of rotatable bonds is 6. The first-order chi connectivity index (χ1) is 12.0. The average Bonchev–Trinajstić information content (AvgIpc) is 2.97. The first-order valence-corrected chi connectivity index (χ1v) is 8.19. The van der Waals surface area contributed by atoms with Crippen molar-refractivity contribution < 1.29 is 0 Å². The second kappa shape index (κ2) is 7.25. The molecule has 0 radical (unpaired) electrons. The van der Waals surface area contributed by atoms with E-state index < -0.39 is 11.2 Å². The fraction of sp³-hybridized carbons (Fsp3) is 0.353. The molecule has 1 N–H and O–H groups in total. The predicted molar refractivity (Wildman–Crippen MR) is 92.7 cm³/mol. The summed E-state index contributed by atoms with van der Waals surface area (Å²) in [6, 6.07) is 6.93. The second-order valence-electron chi connectivity index (χ2n) is 6.20. The highest BCUT2D eigenvalue weighted by Crippen LogP contribution is 2.11. The molecule has 0 aromatic carbocycles. The third-order valence-electron chi connectivity index (χ3n) is 3.65. The van der Waals surface area contributed by atoms with Gasteiger partial charge in [-0.05, 0) is 18.1 Å². The zero-order valence-electron chi connectivity index (χ0n) is 14.2. The van der Waals surface area contributed by atoms with E-state index in [1.807, 2.05) is 18.2 Å². The Morgan fingerprint density at radius 2 is 2.04 bits per heavy atom. The van der Waals surface area contributed by atoms with Crippen molar-refractivity contribution >= 4 is 0 Å². The number of aryl methyl sites for hydroxylation is 2. The molecule has 3 aromatic heterocycles. The Kier molecular flexibility index (Phi) is 4.87. The van der Waals surface area contributed by atoms with E-state index in [-0.39, 0.29) is 0 Å². The summed E-state index contributed by atoms with van der Waals surface area (Å²) in [5.41, 5.74) is -0.837. The molecule has 3 heterocycles. The first kappa shape index (κ1) is 16.8. The van der Waals surface area contributed by atoms with E-state index in [1.165, 1.54) is 16.8 Å². The molecule has 0 unspecified atom stereocenters. The van der Waals surface area contributed by atoms with Gasteiger partial charge in [0.2, 0.25) is 0 Å². The van der Waals surface area contributed by atoms with Crippen molar-refractivity contribution in [2.75, 3.05) is 0 Å². The molecule has 0 saturated heterocycles. The van der Waals surface area contributed by atoms with Gasteiger partial charge in [0, 0.05) is 37.8 Å². The maximum atomic E-state index is 11.8. The van der Waals surface area contributed by atoms with Gasteiger partial charge >= 0.3 is 5.69 Å². The molecule has 8 nitrogen and oxygen atoms in total. The normalized spacial score (nSPS) is 11.2. The van der Waals surface area contributed by atoms with Gasteiger partial charge in [-0.15, -0.1) is 5.10 Å². The number of nitrogens with one attached hydrogen (secondary N) is 1. The highest BCUT2D eigenvalue weighted by Gasteiger charge is 2.13. The Morgan fingerprint density at radius 1 is 1.20 bits per heavy atom. The van der Waals surface area contributed by atoms with Crippen LogP contribution in [0.5, 0.6) is 0 Å². The minimum atomic E-state index is -0.432. The van der Waals surface area contributed by atoms with E-state index in [0.29, 0.717) is 24.7 Å². The Labute approximate surface area is 144 Å². The first-order valence-electron chi connectivity index (χ1n) is 8.19. The van der Waals surface area contributed by atoms with E-state index >= 15 is 0 Å². The standard InChI is InChI=1S/C17H20N6O2/c1-12(2)11-13-19-15(23(21-13)14-5-3-4-8-18-14)6-9-22-10-7-16(24)20-17(22)25/h3-5,7-8,10,12H,6,9,11H2,1-2H3,(H,20,24,25). The largest absolute Gasteiger partial charge is 0.328 e. The van der Waals surface area contributed by atoms with Crippen LogP contribution < -0.4 is 11.2 Å². The van der Waals surface area contributed by atoms with Crippen LogP contribution in [0.2, 0.25) is 0 Å². The maximum absolute atomic E-state index is 11.8. The summed E-state index contributed by atoms with van der Waals surface area (Å²) in [5.74, 6) is 2.61. The van der Waals surface area contributed by atoms with Crippen molar-refractivity contribution in [2.45, 2.75) is 33.2 Å². The molecule has 8 heteroatoms. The molecular formula is C17H20N6O2. The zero-order chi connectivity index (χ0) is 17.8. The van der Waals surface area contributed by atoms with Crippen molar-refractivity contribution in [2.24, 2.45) is 5.92 Å². The number of aromatic nitrogens is 6. The van der Waals surface area contributed by atoms with Crippen LogP contribution in [0.15, 0.2) is 46.2 Å². The molecule has 3 rings (SSSR count). The Bertz CT molecular complexity index is 955. The van der Waals surface area contributed by atoms with E-state index in [9.17, 15) is 9.59 Å².